The average molecular weight is 310 g/mol. The second-order valence-electron chi connectivity index (χ2n) is 5.11. The van der Waals surface area contributed by atoms with Gasteiger partial charge in [0.05, 0.1) is 5.54 Å². The minimum Gasteiger partial charge on any atom is -0.346 e. The van der Waals surface area contributed by atoms with Gasteiger partial charge in [-0.3, -0.25) is 0 Å². The molecule has 1 aliphatic rings. The van der Waals surface area contributed by atoms with Crippen LogP contribution in [0.15, 0.2) is 22.8 Å². The van der Waals surface area contributed by atoms with Crippen molar-refractivity contribution in [3.63, 3.8) is 0 Å². The highest BCUT2D eigenvalue weighted by atomic mass is 79.9. The van der Waals surface area contributed by atoms with Crippen LogP contribution in [0, 0.1) is 5.92 Å². The lowest BCUT2D eigenvalue weighted by atomic mass is 9.96. The van der Waals surface area contributed by atoms with Crippen molar-refractivity contribution >= 4 is 27.5 Å². The number of nitrogens with zero attached hydrogens (tertiary/aromatic N) is 3. The van der Waals surface area contributed by atoms with Crippen LogP contribution in [0.3, 0.4) is 0 Å². The van der Waals surface area contributed by atoms with Crippen molar-refractivity contribution in [2.75, 3.05) is 11.9 Å². The van der Waals surface area contributed by atoms with E-state index < -0.39 is 0 Å². The lowest BCUT2D eigenvalue weighted by molar-refractivity contribution is 0.456. The molecule has 96 valence electrons. The number of anilines is 1. The Bertz CT molecular complexity index is 577. The molecular formula is C12H16BrN5. The molecule has 1 aliphatic carbocycles. The topological polar surface area (TPSA) is 68.2 Å². The average Bonchev–Trinajstić information content (AvgIpc) is 3.12. The van der Waals surface area contributed by atoms with E-state index >= 15 is 0 Å². The smallest absolute Gasteiger partial charge is 0.243 e. The van der Waals surface area contributed by atoms with Gasteiger partial charge in [0.1, 0.15) is 0 Å². The maximum atomic E-state index is 5.88. The van der Waals surface area contributed by atoms with Crippen LogP contribution in [0.4, 0.5) is 5.95 Å². The number of nitrogens with one attached hydrogen (secondary N) is 1. The van der Waals surface area contributed by atoms with Crippen LogP contribution in [-0.2, 0) is 0 Å². The van der Waals surface area contributed by atoms with Crippen molar-refractivity contribution in [3.8, 4) is 0 Å². The molecule has 2 aromatic rings. The molecule has 0 radical (unpaired) electrons. The molecule has 3 N–H and O–H groups in total. The van der Waals surface area contributed by atoms with E-state index in [1.165, 1.54) is 12.8 Å². The van der Waals surface area contributed by atoms with Crippen LogP contribution in [-0.4, -0.2) is 26.7 Å². The van der Waals surface area contributed by atoms with Crippen LogP contribution in [0.1, 0.15) is 19.8 Å². The Labute approximate surface area is 114 Å². The summed E-state index contributed by atoms with van der Waals surface area (Å²) in [6, 6.07) is 3.88. The van der Waals surface area contributed by atoms with Gasteiger partial charge in [0.25, 0.3) is 0 Å². The molecule has 1 unspecified atom stereocenters. The van der Waals surface area contributed by atoms with E-state index in [9.17, 15) is 0 Å². The third kappa shape index (κ3) is 2.10. The Balaban J connectivity index is 1.90. The maximum Gasteiger partial charge on any atom is 0.243 e. The molecular weight excluding hydrogens is 294 g/mol. The number of hydrogen-bond donors (Lipinski definition) is 2. The molecule has 0 aliphatic heterocycles. The molecule has 3 rings (SSSR count). The lowest BCUT2D eigenvalue weighted by Gasteiger charge is -2.28. The number of rotatable bonds is 4. The molecule has 0 amide bonds. The third-order valence-electron chi connectivity index (χ3n) is 3.59. The van der Waals surface area contributed by atoms with Gasteiger partial charge in [-0.25, -0.2) is 4.52 Å². The molecule has 6 heteroatoms. The summed E-state index contributed by atoms with van der Waals surface area (Å²) in [5, 5.41) is 7.82. The minimum absolute atomic E-state index is 0.0951. The van der Waals surface area contributed by atoms with E-state index in [2.05, 4.69) is 38.3 Å². The highest BCUT2D eigenvalue weighted by molar-refractivity contribution is 9.10. The van der Waals surface area contributed by atoms with Crippen molar-refractivity contribution in [2.45, 2.75) is 25.3 Å². The Morgan fingerprint density at radius 3 is 3.00 bits per heavy atom. The molecule has 0 spiro atoms. The summed E-state index contributed by atoms with van der Waals surface area (Å²) in [4.78, 5) is 4.46. The van der Waals surface area contributed by atoms with Gasteiger partial charge in [0.15, 0.2) is 5.65 Å². The van der Waals surface area contributed by atoms with Crippen LogP contribution < -0.4 is 11.1 Å². The van der Waals surface area contributed by atoms with Gasteiger partial charge in [0.2, 0.25) is 5.95 Å². The zero-order valence-electron chi connectivity index (χ0n) is 10.2. The third-order valence-corrected chi connectivity index (χ3v) is 4.06. The molecule has 18 heavy (non-hydrogen) atoms. The molecule has 0 aromatic carbocycles. The molecule has 2 aromatic heterocycles. The Morgan fingerprint density at radius 1 is 1.56 bits per heavy atom. The SMILES string of the molecule is CC(CN)(Nc1nc2ccc(Br)cn2n1)C1CC1. The molecule has 5 nitrogen and oxygen atoms in total. The minimum atomic E-state index is -0.0951. The monoisotopic (exact) mass is 309 g/mol. The standard InChI is InChI=1S/C12H16BrN5/c1-12(7-14,8-2-3-8)16-11-15-10-5-4-9(13)6-18(10)17-11/h4-6,8H,2-3,7,14H2,1H3,(H,16,17). The van der Waals surface area contributed by atoms with Crippen molar-refractivity contribution in [3.05, 3.63) is 22.8 Å². The summed E-state index contributed by atoms with van der Waals surface area (Å²) in [6.45, 7) is 2.74. The van der Waals surface area contributed by atoms with Gasteiger partial charge in [-0.1, -0.05) is 0 Å². The van der Waals surface area contributed by atoms with Crippen molar-refractivity contribution in [2.24, 2.45) is 11.7 Å². The predicted molar refractivity (Wildman–Crippen MR) is 74.5 cm³/mol. The second-order valence-corrected chi connectivity index (χ2v) is 6.02. The largest absolute Gasteiger partial charge is 0.346 e. The summed E-state index contributed by atoms with van der Waals surface area (Å²) >= 11 is 3.42. The predicted octanol–water partition coefficient (Wildman–Crippen LogP) is 2.03. The van der Waals surface area contributed by atoms with Gasteiger partial charge in [-0.15, -0.1) is 5.10 Å². The van der Waals surface area contributed by atoms with Gasteiger partial charge in [-0.2, -0.15) is 4.98 Å². The highest BCUT2D eigenvalue weighted by Gasteiger charge is 2.41. The summed E-state index contributed by atoms with van der Waals surface area (Å²) in [6.07, 6.45) is 4.36. The summed E-state index contributed by atoms with van der Waals surface area (Å²) in [7, 11) is 0. The number of nitrogens with two attached hydrogens (primary N) is 1. The number of hydrogen-bond acceptors (Lipinski definition) is 4. The summed E-state index contributed by atoms with van der Waals surface area (Å²) in [5.41, 5.74) is 6.62. The first-order valence-electron chi connectivity index (χ1n) is 6.11. The first-order valence-corrected chi connectivity index (χ1v) is 6.90. The normalized spacial score (nSPS) is 18.8. The van der Waals surface area contributed by atoms with Gasteiger partial charge in [0, 0.05) is 17.2 Å². The fourth-order valence-electron chi connectivity index (χ4n) is 2.21. The highest BCUT2D eigenvalue weighted by Crippen LogP contribution is 2.40. The van der Waals surface area contributed by atoms with E-state index in [0.29, 0.717) is 18.4 Å². The molecule has 1 saturated carbocycles. The molecule has 0 bridgehead atoms. The van der Waals surface area contributed by atoms with E-state index in [0.717, 1.165) is 10.1 Å². The van der Waals surface area contributed by atoms with Gasteiger partial charge < -0.3 is 11.1 Å². The van der Waals surface area contributed by atoms with E-state index in [-0.39, 0.29) is 5.54 Å². The quantitative estimate of drug-likeness (QED) is 0.907. The maximum absolute atomic E-state index is 5.88. The van der Waals surface area contributed by atoms with E-state index in [1.54, 1.807) is 4.52 Å². The van der Waals surface area contributed by atoms with Gasteiger partial charge >= 0.3 is 0 Å². The van der Waals surface area contributed by atoms with Crippen LogP contribution in [0.2, 0.25) is 0 Å². The Morgan fingerprint density at radius 2 is 2.33 bits per heavy atom. The fourth-order valence-corrected chi connectivity index (χ4v) is 2.53. The Hall–Kier alpha value is -1.14. The zero-order valence-corrected chi connectivity index (χ0v) is 11.8. The van der Waals surface area contributed by atoms with Crippen LogP contribution >= 0.6 is 15.9 Å². The molecule has 1 atom stereocenters. The molecule has 0 saturated heterocycles. The lowest BCUT2D eigenvalue weighted by Crippen LogP contribution is -2.45. The summed E-state index contributed by atoms with van der Waals surface area (Å²) in [5.74, 6) is 1.29. The molecule has 2 heterocycles. The van der Waals surface area contributed by atoms with Crippen molar-refractivity contribution in [1.82, 2.24) is 14.6 Å². The fraction of sp³-hybridized carbons (Fsp3) is 0.500. The van der Waals surface area contributed by atoms with Crippen LogP contribution in [0.25, 0.3) is 5.65 Å². The van der Waals surface area contributed by atoms with Crippen molar-refractivity contribution in [1.29, 1.82) is 0 Å². The first kappa shape index (κ1) is 11.9. The number of fused-ring (bicyclic) bond motifs is 1. The zero-order chi connectivity index (χ0) is 12.8. The number of pyridine rings is 1. The van der Waals surface area contributed by atoms with Gasteiger partial charge in [-0.05, 0) is 53.7 Å². The van der Waals surface area contributed by atoms with E-state index in [4.69, 9.17) is 5.73 Å². The Kier molecular flexibility index (Phi) is 2.79. The first-order chi connectivity index (χ1) is 8.60. The molecule has 1 fully saturated rings. The van der Waals surface area contributed by atoms with Crippen molar-refractivity contribution < 1.29 is 0 Å². The number of halogens is 1. The second kappa shape index (κ2) is 4.20. The van der Waals surface area contributed by atoms with E-state index in [1.807, 2.05) is 18.3 Å². The summed E-state index contributed by atoms with van der Waals surface area (Å²) < 4.78 is 2.74. The van der Waals surface area contributed by atoms with Crippen LogP contribution in [0.5, 0.6) is 0 Å². The number of aromatic nitrogens is 3.